The lowest BCUT2D eigenvalue weighted by Crippen LogP contribution is -2.38. The molecule has 10 heteroatoms. The molecule has 7 nitrogen and oxygen atoms in total. The number of nitrogens with one attached hydrogen (secondary N) is 2. The van der Waals surface area contributed by atoms with E-state index in [2.05, 4.69) is 14.9 Å². The zero-order valence-corrected chi connectivity index (χ0v) is 17.2. The van der Waals surface area contributed by atoms with E-state index in [1.54, 1.807) is 0 Å². The van der Waals surface area contributed by atoms with E-state index < -0.39 is 15.9 Å². The molecule has 2 fully saturated rings. The molecule has 0 aromatic heterocycles. The van der Waals surface area contributed by atoms with Crippen molar-refractivity contribution >= 4 is 39.1 Å². The molecule has 3 rings (SSSR count). The fraction of sp³-hybridized carbons (Fsp3) is 0.588. The molecule has 0 radical (unpaired) electrons. The maximum absolute atomic E-state index is 12.5. The molecule has 2 aliphatic rings. The average Bonchev–Trinajstić information content (AvgIpc) is 3.42. The summed E-state index contributed by atoms with van der Waals surface area (Å²) in [5, 5.41) is 2.91. The largest absolute Gasteiger partial charge is 0.379 e. The van der Waals surface area contributed by atoms with E-state index in [4.69, 9.17) is 27.9 Å². The minimum absolute atomic E-state index is 0.00276. The Morgan fingerprint density at radius 2 is 1.89 bits per heavy atom. The first-order valence-corrected chi connectivity index (χ1v) is 11.2. The van der Waals surface area contributed by atoms with Gasteiger partial charge in [0.05, 0.1) is 28.8 Å². The normalized spacial score (nSPS) is 18.4. The molecule has 1 heterocycles. The van der Waals surface area contributed by atoms with Crippen molar-refractivity contribution in [3.8, 4) is 0 Å². The molecule has 1 aliphatic heterocycles. The van der Waals surface area contributed by atoms with E-state index in [0.717, 1.165) is 52.1 Å². The van der Waals surface area contributed by atoms with Gasteiger partial charge in [-0.1, -0.05) is 23.2 Å². The number of carbonyl (C=O) groups is 1. The summed E-state index contributed by atoms with van der Waals surface area (Å²) >= 11 is 12.2. The summed E-state index contributed by atoms with van der Waals surface area (Å²) in [4.78, 5) is 14.6. The Morgan fingerprint density at radius 1 is 1.19 bits per heavy atom. The van der Waals surface area contributed by atoms with Crippen LogP contribution in [0.15, 0.2) is 17.0 Å². The van der Waals surface area contributed by atoms with Crippen molar-refractivity contribution in [1.82, 2.24) is 14.9 Å². The van der Waals surface area contributed by atoms with E-state index in [1.165, 1.54) is 12.1 Å². The van der Waals surface area contributed by atoms with Crippen LogP contribution < -0.4 is 10.0 Å². The monoisotopic (exact) mass is 435 g/mol. The van der Waals surface area contributed by atoms with Gasteiger partial charge in [-0.05, 0) is 37.9 Å². The zero-order valence-electron chi connectivity index (χ0n) is 14.8. The summed E-state index contributed by atoms with van der Waals surface area (Å²) in [6.07, 6.45) is 2.40. The van der Waals surface area contributed by atoms with Crippen LogP contribution in [0.4, 0.5) is 0 Å². The van der Waals surface area contributed by atoms with Crippen LogP contribution in [0.3, 0.4) is 0 Å². The van der Waals surface area contributed by atoms with Gasteiger partial charge in [0, 0.05) is 25.7 Å². The fourth-order valence-electron chi connectivity index (χ4n) is 2.82. The van der Waals surface area contributed by atoms with E-state index >= 15 is 0 Å². The molecule has 0 bridgehead atoms. The predicted octanol–water partition coefficient (Wildman–Crippen LogP) is 1.89. The number of nitrogens with zero attached hydrogens (tertiary/aromatic N) is 1. The van der Waals surface area contributed by atoms with Crippen LogP contribution in [0.2, 0.25) is 10.0 Å². The number of morpholine rings is 1. The Hall–Kier alpha value is -0.900. The molecular weight excluding hydrogens is 413 g/mol. The lowest BCUT2D eigenvalue weighted by molar-refractivity contribution is 0.0374. The van der Waals surface area contributed by atoms with Gasteiger partial charge in [-0.25, -0.2) is 13.1 Å². The minimum atomic E-state index is -3.78. The Balaban J connectivity index is 1.60. The second-order valence-electron chi connectivity index (χ2n) is 6.72. The molecule has 1 saturated heterocycles. The highest BCUT2D eigenvalue weighted by atomic mass is 35.5. The molecule has 1 amide bonds. The van der Waals surface area contributed by atoms with Crippen LogP contribution in [0, 0.1) is 0 Å². The van der Waals surface area contributed by atoms with Gasteiger partial charge in [0.25, 0.3) is 5.91 Å². The standard InChI is InChI=1S/C17H23Cl2N3O4S/c18-14-11-15(19)16(27(24,25)21-12-2-3-12)10-13(14)17(23)20-4-1-5-22-6-8-26-9-7-22/h10-12,21H,1-9H2,(H,20,23). The van der Waals surface area contributed by atoms with Crippen LogP contribution in [0.25, 0.3) is 0 Å². The van der Waals surface area contributed by atoms with Crippen LogP contribution in [-0.2, 0) is 14.8 Å². The lowest BCUT2D eigenvalue weighted by Gasteiger charge is -2.26. The van der Waals surface area contributed by atoms with E-state index in [9.17, 15) is 13.2 Å². The van der Waals surface area contributed by atoms with Crippen LogP contribution >= 0.6 is 23.2 Å². The Kier molecular flexibility index (Phi) is 6.99. The van der Waals surface area contributed by atoms with Gasteiger partial charge in [0.2, 0.25) is 10.0 Å². The molecule has 1 aromatic carbocycles. The van der Waals surface area contributed by atoms with Gasteiger partial charge in [-0.2, -0.15) is 0 Å². The van der Waals surface area contributed by atoms with E-state index in [1.807, 2.05) is 0 Å². The van der Waals surface area contributed by atoms with Gasteiger partial charge in [-0.3, -0.25) is 9.69 Å². The van der Waals surface area contributed by atoms with Crippen molar-refractivity contribution in [3.63, 3.8) is 0 Å². The molecule has 1 saturated carbocycles. The van der Waals surface area contributed by atoms with Crippen molar-refractivity contribution in [2.45, 2.75) is 30.2 Å². The fourth-order valence-corrected chi connectivity index (χ4v) is 4.98. The second-order valence-corrected chi connectivity index (χ2v) is 9.22. The van der Waals surface area contributed by atoms with Gasteiger partial charge in [-0.15, -0.1) is 0 Å². The number of hydrogen-bond donors (Lipinski definition) is 2. The average molecular weight is 436 g/mol. The Bertz CT molecular complexity index is 794. The third-order valence-electron chi connectivity index (χ3n) is 4.50. The number of carbonyl (C=O) groups excluding carboxylic acids is 1. The summed E-state index contributed by atoms with van der Waals surface area (Å²) in [6.45, 7) is 4.59. The summed E-state index contributed by atoms with van der Waals surface area (Å²) < 4.78 is 32.7. The topological polar surface area (TPSA) is 87.7 Å². The molecular formula is C17H23Cl2N3O4S. The maximum Gasteiger partial charge on any atom is 0.252 e. The highest BCUT2D eigenvalue weighted by Crippen LogP contribution is 2.30. The number of benzene rings is 1. The molecule has 150 valence electrons. The Morgan fingerprint density at radius 3 is 2.56 bits per heavy atom. The molecule has 1 aromatic rings. The van der Waals surface area contributed by atoms with Crippen molar-refractivity contribution in [2.24, 2.45) is 0 Å². The zero-order chi connectivity index (χ0) is 19.4. The van der Waals surface area contributed by atoms with Gasteiger partial charge in [0.1, 0.15) is 4.90 Å². The maximum atomic E-state index is 12.5. The van der Waals surface area contributed by atoms with E-state index in [-0.39, 0.29) is 26.5 Å². The van der Waals surface area contributed by atoms with Crippen LogP contribution in [0.1, 0.15) is 29.6 Å². The quantitative estimate of drug-likeness (QED) is 0.608. The number of rotatable bonds is 8. The first-order valence-electron chi connectivity index (χ1n) is 8.96. The second kappa shape index (κ2) is 9.07. The summed E-state index contributed by atoms with van der Waals surface area (Å²) in [5.41, 5.74) is 0.101. The molecule has 1 aliphatic carbocycles. The van der Waals surface area contributed by atoms with Crippen LogP contribution in [0.5, 0.6) is 0 Å². The summed E-state index contributed by atoms with van der Waals surface area (Å²) in [6, 6.07) is 2.49. The smallest absolute Gasteiger partial charge is 0.252 e. The summed E-state index contributed by atoms with van der Waals surface area (Å²) in [7, 11) is -3.78. The van der Waals surface area contributed by atoms with Crippen LogP contribution in [-0.4, -0.2) is 64.7 Å². The SMILES string of the molecule is O=C(NCCCN1CCOCC1)c1cc(S(=O)(=O)NC2CC2)c(Cl)cc1Cl. The minimum Gasteiger partial charge on any atom is -0.379 e. The van der Waals surface area contributed by atoms with Crippen molar-refractivity contribution < 1.29 is 17.9 Å². The number of sulfonamides is 1. The Labute approximate surface area is 169 Å². The number of ether oxygens (including phenoxy) is 1. The van der Waals surface area contributed by atoms with E-state index in [0.29, 0.717) is 6.54 Å². The summed E-state index contributed by atoms with van der Waals surface area (Å²) in [5.74, 6) is -0.415. The molecule has 0 unspecified atom stereocenters. The number of hydrogen-bond acceptors (Lipinski definition) is 5. The number of halogens is 2. The predicted molar refractivity (Wildman–Crippen MR) is 104 cm³/mol. The van der Waals surface area contributed by atoms with Crippen molar-refractivity contribution in [3.05, 3.63) is 27.7 Å². The lowest BCUT2D eigenvalue weighted by atomic mass is 10.2. The highest BCUT2D eigenvalue weighted by molar-refractivity contribution is 7.89. The van der Waals surface area contributed by atoms with Crippen molar-refractivity contribution in [2.75, 3.05) is 39.4 Å². The molecule has 2 N–H and O–H groups in total. The number of amides is 1. The third kappa shape index (κ3) is 5.79. The molecule has 0 atom stereocenters. The van der Waals surface area contributed by atoms with Gasteiger partial charge in [0.15, 0.2) is 0 Å². The first-order chi connectivity index (χ1) is 12.9. The highest BCUT2D eigenvalue weighted by Gasteiger charge is 2.30. The first kappa shape index (κ1) is 20.8. The van der Waals surface area contributed by atoms with Crippen molar-refractivity contribution in [1.29, 1.82) is 0 Å². The molecule has 27 heavy (non-hydrogen) atoms. The van der Waals surface area contributed by atoms with Gasteiger partial charge < -0.3 is 10.1 Å². The third-order valence-corrected chi connectivity index (χ3v) is 6.79. The van der Waals surface area contributed by atoms with Gasteiger partial charge >= 0.3 is 0 Å². The molecule has 0 spiro atoms.